The van der Waals surface area contributed by atoms with E-state index in [9.17, 15) is 0 Å². The molecule has 4 aliphatic rings. The van der Waals surface area contributed by atoms with E-state index in [0.717, 1.165) is 28.6 Å². The van der Waals surface area contributed by atoms with Gasteiger partial charge in [0, 0.05) is 11.7 Å². The second-order valence-corrected chi connectivity index (χ2v) is 8.99. The number of benzene rings is 1. The molecule has 4 saturated carbocycles. The Morgan fingerprint density at radius 1 is 1.08 bits per heavy atom. The van der Waals surface area contributed by atoms with Crippen molar-refractivity contribution in [2.75, 3.05) is 5.32 Å². The maximum Gasteiger partial charge on any atom is 0.171 e. The molecule has 0 heterocycles. The summed E-state index contributed by atoms with van der Waals surface area (Å²) in [7, 11) is 0. The van der Waals surface area contributed by atoms with E-state index in [4.69, 9.17) is 12.2 Å². The van der Waals surface area contributed by atoms with Gasteiger partial charge in [0.25, 0.3) is 0 Å². The number of anilines is 1. The van der Waals surface area contributed by atoms with Crippen molar-refractivity contribution < 1.29 is 0 Å². The van der Waals surface area contributed by atoms with Crippen LogP contribution in [0.3, 0.4) is 0 Å². The molecule has 3 heteroatoms. The predicted octanol–water partition coefficient (Wildman–Crippen LogP) is 5.36. The lowest BCUT2D eigenvalue weighted by Crippen LogP contribution is -2.57. The molecule has 2 nitrogen and oxygen atoms in total. The van der Waals surface area contributed by atoms with Crippen LogP contribution in [0.25, 0.3) is 0 Å². The van der Waals surface area contributed by atoms with Crippen molar-refractivity contribution in [3.8, 4) is 0 Å². The summed E-state index contributed by atoms with van der Waals surface area (Å²) in [5.41, 5.74) is 1.59. The van der Waals surface area contributed by atoms with Crippen molar-refractivity contribution in [3.05, 3.63) is 30.3 Å². The van der Waals surface area contributed by atoms with Crippen LogP contribution in [0.1, 0.15) is 58.3 Å². The Morgan fingerprint density at radius 3 is 2.21 bits per heavy atom. The predicted molar refractivity (Wildman–Crippen MR) is 105 cm³/mol. The summed E-state index contributed by atoms with van der Waals surface area (Å²) in [5, 5.41) is 7.93. The summed E-state index contributed by atoms with van der Waals surface area (Å²) < 4.78 is 0. The van der Waals surface area contributed by atoms with Crippen LogP contribution in [-0.2, 0) is 0 Å². The van der Waals surface area contributed by atoms with Crippen molar-refractivity contribution in [2.45, 2.75) is 64.3 Å². The van der Waals surface area contributed by atoms with E-state index < -0.39 is 0 Å². The normalized spacial score (nSPS) is 34.8. The lowest BCUT2D eigenvalue weighted by Gasteiger charge is -2.59. The smallest absolute Gasteiger partial charge is 0.171 e. The molecule has 130 valence electrons. The molecular formula is C21H30N2S. The van der Waals surface area contributed by atoms with E-state index >= 15 is 0 Å². The Bertz CT molecular complexity index is 547. The van der Waals surface area contributed by atoms with Gasteiger partial charge in [0.05, 0.1) is 0 Å². The van der Waals surface area contributed by atoms with Gasteiger partial charge in [-0.15, -0.1) is 0 Å². The van der Waals surface area contributed by atoms with Gasteiger partial charge in [0.2, 0.25) is 0 Å². The van der Waals surface area contributed by atoms with Gasteiger partial charge < -0.3 is 10.6 Å². The van der Waals surface area contributed by atoms with E-state index in [-0.39, 0.29) is 0 Å². The van der Waals surface area contributed by atoms with Crippen LogP contribution in [0.4, 0.5) is 5.69 Å². The first-order valence-electron chi connectivity index (χ1n) is 9.79. The molecule has 1 aromatic carbocycles. The molecule has 4 bridgehead atoms. The molecule has 24 heavy (non-hydrogen) atoms. The molecule has 0 amide bonds. The summed E-state index contributed by atoms with van der Waals surface area (Å²) in [6, 6.07) is 10.8. The Balaban J connectivity index is 1.47. The highest BCUT2D eigenvalue weighted by Gasteiger charge is 2.54. The van der Waals surface area contributed by atoms with E-state index in [2.05, 4.69) is 29.7 Å². The summed E-state index contributed by atoms with van der Waals surface area (Å²) in [6.45, 7) is 2.31. The number of para-hydroxylation sites is 1. The van der Waals surface area contributed by atoms with E-state index in [1.807, 2.05) is 18.2 Å². The number of hydrogen-bond acceptors (Lipinski definition) is 1. The topological polar surface area (TPSA) is 24.1 Å². The van der Waals surface area contributed by atoms with Gasteiger partial charge in [-0.1, -0.05) is 31.5 Å². The minimum absolute atomic E-state index is 0.507. The molecule has 4 fully saturated rings. The number of thiocarbonyl (C=S) groups is 1. The molecular weight excluding hydrogens is 312 g/mol. The van der Waals surface area contributed by atoms with Crippen molar-refractivity contribution in [3.63, 3.8) is 0 Å². The maximum absolute atomic E-state index is 5.66. The Hall–Kier alpha value is -1.09. The molecule has 2 N–H and O–H groups in total. The van der Waals surface area contributed by atoms with Crippen molar-refractivity contribution in [1.82, 2.24) is 5.32 Å². The third-order valence-corrected chi connectivity index (χ3v) is 6.96. The van der Waals surface area contributed by atoms with Gasteiger partial charge in [0.15, 0.2) is 5.11 Å². The summed E-state index contributed by atoms with van der Waals surface area (Å²) in [4.78, 5) is 0. The van der Waals surface area contributed by atoms with Gasteiger partial charge in [-0.3, -0.25) is 0 Å². The summed E-state index contributed by atoms with van der Waals surface area (Å²) in [6.07, 6.45) is 11.3. The fourth-order valence-corrected chi connectivity index (χ4v) is 6.53. The molecule has 0 saturated heterocycles. The zero-order valence-electron chi connectivity index (χ0n) is 14.8. The maximum atomic E-state index is 5.66. The molecule has 0 radical (unpaired) electrons. The summed E-state index contributed by atoms with van der Waals surface area (Å²) in [5.74, 6) is 2.98. The lowest BCUT2D eigenvalue weighted by molar-refractivity contribution is -0.0718. The quantitative estimate of drug-likeness (QED) is 0.705. The van der Waals surface area contributed by atoms with Crippen LogP contribution in [0.5, 0.6) is 0 Å². The molecule has 0 spiro atoms. The third kappa shape index (κ3) is 3.20. The Morgan fingerprint density at radius 2 is 1.67 bits per heavy atom. The molecule has 4 aliphatic carbocycles. The number of rotatable bonds is 5. The largest absolute Gasteiger partial charge is 0.359 e. The zero-order valence-corrected chi connectivity index (χ0v) is 15.6. The van der Waals surface area contributed by atoms with Gasteiger partial charge in [-0.25, -0.2) is 0 Å². The fraction of sp³-hybridized carbons (Fsp3) is 0.667. The minimum Gasteiger partial charge on any atom is -0.359 e. The highest BCUT2D eigenvalue weighted by atomic mass is 32.1. The first-order valence-corrected chi connectivity index (χ1v) is 10.2. The van der Waals surface area contributed by atoms with Crippen LogP contribution in [-0.4, -0.2) is 11.2 Å². The monoisotopic (exact) mass is 342 g/mol. The van der Waals surface area contributed by atoms with Crippen LogP contribution >= 0.6 is 12.2 Å². The zero-order chi connectivity index (χ0) is 16.6. The molecule has 5 rings (SSSR count). The lowest BCUT2D eigenvalue weighted by atomic mass is 9.47. The standard InChI is InChI=1S/C21H30N2S/c1-2-6-19(23-20(24)22-18-7-4-3-5-8-18)21-12-15-9-16(13-21)11-17(10-15)14-21/h3-5,7-8,15-17,19H,2,6,9-14H2,1H3,(H2,22,23,24). The van der Waals surface area contributed by atoms with Crippen LogP contribution < -0.4 is 10.6 Å². The molecule has 1 unspecified atom stereocenters. The van der Waals surface area contributed by atoms with Gasteiger partial charge in [0.1, 0.15) is 0 Å². The van der Waals surface area contributed by atoms with Crippen molar-refractivity contribution in [2.24, 2.45) is 23.2 Å². The average Bonchev–Trinajstić information content (AvgIpc) is 2.54. The average molecular weight is 343 g/mol. The van der Waals surface area contributed by atoms with E-state index in [1.54, 1.807) is 0 Å². The first-order chi connectivity index (χ1) is 11.7. The Kier molecular flexibility index (Phi) is 4.55. The molecule has 1 atom stereocenters. The van der Waals surface area contributed by atoms with Gasteiger partial charge >= 0.3 is 0 Å². The van der Waals surface area contributed by atoms with Crippen LogP contribution in [0.15, 0.2) is 30.3 Å². The Labute approximate surface area is 151 Å². The second-order valence-electron chi connectivity index (χ2n) is 8.59. The van der Waals surface area contributed by atoms with E-state index in [0.29, 0.717) is 11.5 Å². The number of nitrogens with one attached hydrogen (secondary N) is 2. The van der Waals surface area contributed by atoms with Crippen molar-refractivity contribution in [1.29, 1.82) is 0 Å². The minimum atomic E-state index is 0.507. The fourth-order valence-electron chi connectivity index (χ4n) is 6.27. The molecule has 0 aliphatic heterocycles. The SMILES string of the molecule is CCCC(NC(=S)Nc1ccccc1)C12CC3CC(CC(C3)C1)C2. The first kappa shape index (κ1) is 16.4. The highest BCUT2D eigenvalue weighted by molar-refractivity contribution is 7.80. The second kappa shape index (κ2) is 6.67. The molecule has 0 aromatic heterocycles. The van der Waals surface area contributed by atoms with Crippen LogP contribution in [0.2, 0.25) is 0 Å². The van der Waals surface area contributed by atoms with Gasteiger partial charge in [-0.05, 0) is 92.5 Å². The van der Waals surface area contributed by atoms with Crippen LogP contribution in [0, 0.1) is 23.2 Å². The van der Waals surface area contributed by atoms with Gasteiger partial charge in [-0.2, -0.15) is 0 Å². The number of hydrogen-bond donors (Lipinski definition) is 2. The third-order valence-electron chi connectivity index (χ3n) is 6.74. The highest BCUT2D eigenvalue weighted by Crippen LogP contribution is 2.61. The molecule has 1 aromatic rings. The van der Waals surface area contributed by atoms with Crippen molar-refractivity contribution >= 4 is 23.0 Å². The summed E-state index contributed by atoms with van der Waals surface area (Å²) >= 11 is 5.66. The van der Waals surface area contributed by atoms with E-state index in [1.165, 1.54) is 51.4 Å².